The molecule has 2 aromatic carbocycles. The maximum atomic E-state index is 12.8. The summed E-state index contributed by atoms with van der Waals surface area (Å²) in [5.74, 6) is 0.615. The van der Waals surface area contributed by atoms with Gasteiger partial charge in [0.15, 0.2) is 5.78 Å². The summed E-state index contributed by atoms with van der Waals surface area (Å²) >= 11 is 0. The van der Waals surface area contributed by atoms with Crippen molar-refractivity contribution < 1.29 is 14.6 Å². The van der Waals surface area contributed by atoms with E-state index in [1.54, 1.807) is 19.3 Å². The van der Waals surface area contributed by atoms with Gasteiger partial charge in [0.25, 0.3) is 0 Å². The molecule has 28 heavy (non-hydrogen) atoms. The number of carbonyl (C=O) groups excluding carboxylic acids is 1. The van der Waals surface area contributed by atoms with Crippen LogP contribution in [0.2, 0.25) is 0 Å². The van der Waals surface area contributed by atoms with Crippen LogP contribution in [0.25, 0.3) is 6.08 Å². The van der Waals surface area contributed by atoms with Crippen molar-refractivity contribution in [2.24, 2.45) is 10.4 Å². The van der Waals surface area contributed by atoms with Gasteiger partial charge in [0.2, 0.25) is 0 Å². The quantitative estimate of drug-likeness (QED) is 0.552. The Hall–Kier alpha value is -3.14. The van der Waals surface area contributed by atoms with Crippen molar-refractivity contribution in [3.8, 4) is 5.75 Å². The van der Waals surface area contributed by atoms with Crippen molar-refractivity contribution in [2.75, 3.05) is 7.11 Å². The van der Waals surface area contributed by atoms with E-state index in [0.29, 0.717) is 24.1 Å². The first-order valence-corrected chi connectivity index (χ1v) is 9.29. The number of rotatable bonds is 4. The van der Waals surface area contributed by atoms with Crippen LogP contribution in [0.5, 0.6) is 5.75 Å². The van der Waals surface area contributed by atoms with Gasteiger partial charge >= 0.3 is 0 Å². The van der Waals surface area contributed by atoms with E-state index in [1.165, 1.54) is 0 Å². The lowest BCUT2D eigenvalue weighted by Crippen LogP contribution is -2.32. The molecule has 1 aliphatic carbocycles. The number of hydrogen-bond acceptors (Lipinski definition) is 4. The van der Waals surface area contributed by atoms with Crippen LogP contribution < -0.4 is 4.74 Å². The summed E-state index contributed by atoms with van der Waals surface area (Å²) in [7, 11) is 1.61. The number of allylic oxidation sites excluding steroid dienone is 2. The highest BCUT2D eigenvalue weighted by Crippen LogP contribution is 2.36. The van der Waals surface area contributed by atoms with Crippen molar-refractivity contribution in [2.45, 2.75) is 26.7 Å². The normalized spacial score (nSPS) is 19.8. The average molecular weight is 375 g/mol. The standard InChI is InChI=1S/C24H25NO3/c1-24(2)15-20(25-18-10-12-19(28-3)13-11-18)23(22(27)16-24)21(26)14-9-17-7-5-4-6-8-17/h4-14,26H,15-16H2,1-3H3/b14-9+,23-21?,25-20?. The fourth-order valence-electron chi connectivity index (χ4n) is 3.31. The highest BCUT2D eigenvalue weighted by Gasteiger charge is 2.36. The first-order valence-electron chi connectivity index (χ1n) is 9.29. The minimum absolute atomic E-state index is 0.0448. The zero-order chi connectivity index (χ0) is 20.1. The van der Waals surface area contributed by atoms with E-state index in [0.717, 1.165) is 17.0 Å². The highest BCUT2D eigenvalue weighted by atomic mass is 16.5. The topological polar surface area (TPSA) is 58.9 Å². The molecule has 1 N–H and O–H groups in total. The van der Waals surface area contributed by atoms with Crippen molar-refractivity contribution in [3.63, 3.8) is 0 Å². The minimum Gasteiger partial charge on any atom is -0.507 e. The van der Waals surface area contributed by atoms with E-state index in [4.69, 9.17) is 4.74 Å². The van der Waals surface area contributed by atoms with Crippen molar-refractivity contribution >= 4 is 23.3 Å². The number of aliphatic hydroxyl groups is 1. The molecule has 1 fully saturated rings. The van der Waals surface area contributed by atoms with Gasteiger partial charge in [-0.3, -0.25) is 9.79 Å². The molecule has 4 nitrogen and oxygen atoms in total. The number of Topliss-reactive ketones (excluding diaryl/α,β-unsaturated/α-hetero) is 1. The van der Waals surface area contributed by atoms with E-state index < -0.39 is 0 Å². The number of hydrogen-bond donors (Lipinski definition) is 1. The Morgan fingerprint density at radius 3 is 2.39 bits per heavy atom. The average Bonchev–Trinajstić information content (AvgIpc) is 2.66. The molecule has 1 saturated carbocycles. The second-order valence-electron chi connectivity index (χ2n) is 7.70. The monoisotopic (exact) mass is 375 g/mol. The maximum Gasteiger partial charge on any atom is 0.168 e. The third kappa shape index (κ3) is 4.77. The summed E-state index contributed by atoms with van der Waals surface area (Å²) < 4.78 is 5.18. The molecule has 144 valence electrons. The fourth-order valence-corrected chi connectivity index (χ4v) is 3.31. The molecule has 4 heteroatoms. The number of ether oxygens (including phenoxy) is 1. The van der Waals surface area contributed by atoms with Gasteiger partial charge in [-0.25, -0.2) is 0 Å². The Bertz CT molecular complexity index is 936. The number of benzene rings is 2. The highest BCUT2D eigenvalue weighted by molar-refractivity contribution is 6.25. The Labute approximate surface area is 165 Å². The van der Waals surface area contributed by atoms with Gasteiger partial charge in [0, 0.05) is 6.42 Å². The number of nitrogens with zero attached hydrogens (tertiary/aromatic N) is 1. The summed E-state index contributed by atoms with van der Waals surface area (Å²) in [5, 5.41) is 10.7. The minimum atomic E-state index is -0.199. The second kappa shape index (κ2) is 8.26. The molecule has 0 spiro atoms. The van der Waals surface area contributed by atoms with Crippen LogP contribution >= 0.6 is 0 Å². The van der Waals surface area contributed by atoms with Crippen molar-refractivity contribution in [3.05, 3.63) is 77.6 Å². The fraction of sp³-hybridized carbons (Fsp3) is 0.250. The number of methoxy groups -OCH3 is 1. The van der Waals surface area contributed by atoms with Gasteiger partial charge in [-0.05, 0) is 47.7 Å². The van der Waals surface area contributed by atoms with Crippen LogP contribution in [0, 0.1) is 5.41 Å². The first kappa shape index (κ1) is 19.6. The number of aliphatic hydroxyl groups excluding tert-OH is 1. The lowest BCUT2D eigenvalue weighted by atomic mass is 9.73. The van der Waals surface area contributed by atoms with Gasteiger partial charge in [0.05, 0.1) is 24.1 Å². The molecule has 1 aliphatic rings. The predicted octanol–water partition coefficient (Wildman–Crippen LogP) is 5.68. The van der Waals surface area contributed by atoms with Gasteiger partial charge in [0.1, 0.15) is 11.5 Å². The summed E-state index contributed by atoms with van der Waals surface area (Å²) in [6.45, 7) is 4.09. The second-order valence-corrected chi connectivity index (χ2v) is 7.70. The molecule has 0 radical (unpaired) electrons. The predicted molar refractivity (Wildman–Crippen MR) is 113 cm³/mol. The molecular weight excluding hydrogens is 350 g/mol. The molecule has 0 aromatic heterocycles. The molecule has 0 amide bonds. The Morgan fingerprint density at radius 2 is 1.75 bits per heavy atom. The number of ketones is 1. The largest absolute Gasteiger partial charge is 0.507 e. The molecule has 3 rings (SSSR count). The zero-order valence-corrected chi connectivity index (χ0v) is 16.5. The Balaban J connectivity index is 2.00. The SMILES string of the molecule is COc1ccc(N=C2CC(C)(C)CC(=O)C2=C(O)/C=C/c2ccccc2)cc1. The summed E-state index contributed by atoms with van der Waals surface area (Å²) in [6, 6.07) is 17.0. The van der Waals surface area contributed by atoms with Crippen LogP contribution in [-0.2, 0) is 4.79 Å². The molecular formula is C24H25NO3. The summed E-state index contributed by atoms with van der Waals surface area (Å²) in [6.07, 6.45) is 4.36. The number of carbonyl (C=O) groups is 1. The first-order chi connectivity index (χ1) is 13.4. The lowest BCUT2D eigenvalue weighted by Gasteiger charge is -2.31. The summed E-state index contributed by atoms with van der Waals surface area (Å²) in [4.78, 5) is 17.5. The van der Waals surface area contributed by atoms with E-state index in [2.05, 4.69) is 4.99 Å². The van der Waals surface area contributed by atoms with Crippen LogP contribution in [0.4, 0.5) is 5.69 Å². The van der Waals surface area contributed by atoms with E-state index >= 15 is 0 Å². The van der Waals surface area contributed by atoms with Crippen LogP contribution in [-0.4, -0.2) is 23.7 Å². The van der Waals surface area contributed by atoms with Gasteiger partial charge in [-0.15, -0.1) is 0 Å². The summed E-state index contributed by atoms with van der Waals surface area (Å²) in [5.41, 5.74) is 2.39. The number of aliphatic imine (C=N–C) groups is 1. The lowest BCUT2D eigenvalue weighted by molar-refractivity contribution is -0.117. The van der Waals surface area contributed by atoms with Crippen LogP contribution in [0.3, 0.4) is 0 Å². The molecule has 0 unspecified atom stereocenters. The molecule has 0 heterocycles. The van der Waals surface area contributed by atoms with E-state index in [9.17, 15) is 9.90 Å². The molecule has 0 atom stereocenters. The molecule has 2 aromatic rings. The molecule has 0 aliphatic heterocycles. The smallest absolute Gasteiger partial charge is 0.168 e. The zero-order valence-electron chi connectivity index (χ0n) is 16.5. The van der Waals surface area contributed by atoms with E-state index in [1.807, 2.05) is 68.4 Å². The van der Waals surface area contributed by atoms with Gasteiger partial charge in [-0.2, -0.15) is 0 Å². The van der Waals surface area contributed by atoms with Crippen LogP contribution in [0.15, 0.2) is 77.0 Å². The van der Waals surface area contributed by atoms with Gasteiger partial charge < -0.3 is 9.84 Å². The van der Waals surface area contributed by atoms with Crippen LogP contribution in [0.1, 0.15) is 32.3 Å². The molecule has 0 saturated heterocycles. The third-order valence-corrected chi connectivity index (χ3v) is 4.68. The van der Waals surface area contributed by atoms with E-state index in [-0.39, 0.29) is 17.0 Å². The van der Waals surface area contributed by atoms with Crippen molar-refractivity contribution in [1.82, 2.24) is 0 Å². The van der Waals surface area contributed by atoms with Gasteiger partial charge in [-0.1, -0.05) is 50.3 Å². The third-order valence-electron chi connectivity index (χ3n) is 4.68. The van der Waals surface area contributed by atoms with Crippen molar-refractivity contribution in [1.29, 1.82) is 0 Å². The Morgan fingerprint density at radius 1 is 1.07 bits per heavy atom. The molecule has 0 bridgehead atoms. The Kier molecular flexibility index (Phi) is 5.78. The maximum absolute atomic E-state index is 12.8.